The van der Waals surface area contributed by atoms with Crippen molar-refractivity contribution in [1.82, 2.24) is 13.7 Å². The molecule has 0 radical (unpaired) electrons. The zero-order valence-corrected chi connectivity index (χ0v) is 22.7. The quantitative estimate of drug-likeness (QED) is 0.361. The Kier molecular flexibility index (Phi) is 6.45. The Morgan fingerprint density at radius 2 is 1.67 bits per heavy atom. The summed E-state index contributed by atoms with van der Waals surface area (Å²) in [6.07, 6.45) is 1.30. The van der Waals surface area contributed by atoms with Gasteiger partial charge in [0, 0.05) is 24.3 Å². The third-order valence-electron chi connectivity index (χ3n) is 6.91. The molecule has 1 fully saturated rings. The highest BCUT2D eigenvalue weighted by atomic mass is 32.2. The number of hydrogen-bond acceptors (Lipinski definition) is 6. The molecule has 0 spiro atoms. The molecule has 0 amide bonds. The van der Waals surface area contributed by atoms with Crippen molar-refractivity contribution in [2.75, 3.05) is 15.8 Å². The zero-order valence-electron chi connectivity index (χ0n) is 21.9. The molecule has 1 saturated carbocycles. The second-order valence-electron chi connectivity index (χ2n) is 9.75. The summed E-state index contributed by atoms with van der Waals surface area (Å²) in [5, 5.41) is 2.99. The minimum Gasteiger partial charge on any atom is -0.338 e. The lowest BCUT2D eigenvalue weighted by molar-refractivity contribution is 0.602. The molecular formula is C27H28FN5O5S. The molecule has 0 saturated heterocycles. The molecule has 4 aromatic rings. The van der Waals surface area contributed by atoms with E-state index in [1.807, 2.05) is 0 Å². The van der Waals surface area contributed by atoms with Crippen LogP contribution in [0.5, 0.6) is 0 Å². The monoisotopic (exact) mass is 553 g/mol. The number of hydrogen-bond donors (Lipinski definition) is 2. The van der Waals surface area contributed by atoms with E-state index in [0.29, 0.717) is 29.8 Å². The molecule has 2 heterocycles. The number of nitrogens with zero attached hydrogens (tertiary/aromatic N) is 3. The van der Waals surface area contributed by atoms with Crippen molar-refractivity contribution in [2.45, 2.75) is 39.7 Å². The van der Waals surface area contributed by atoms with Gasteiger partial charge in [0.2, 0.25) is 10.0 Å². The van der Waals surface area contributed by atoms with E-state index in [2.05, 4.69) is 10.0 Å². The second-order valence-corrected chi connectivity index (χ2v) is 11.8. The Bertz CT molecular complexity index is 1920. The minimum absolute atomic E-state index is 0.0591. The van der Waals surface area contributed by atoms with E-state index in [1.54, 1.807) is 25.1 Å². The molecule has 39 heavy (non-hydrogen) atoms. The van der Waals surface area contributed by atoms with Crippen LogP contribution in [0.2, 0.25) is 0 Å². The van der Waals surface area contributed by atoms with Crippen LogP contribution in [0.1, 0.15) is 36.9 Å². The van der Waals surface area contributed by atoms with Crippen LogP contribution in [0.15, 0.2) is 56.8 Å². The van der Waals surface area contributed by atoms with Crippen molar-refractivity contribution in [3.8, 4) is 5.69 Å². The molecule has 10 nitrogen and oxygen atoms in total. The highest BCUT2D eigenvalue weighted by molar-refractivity contribution is 7.92. The number of fused-ring (bicyclic) bond motifs is 1. The average Bonchev–Trinajstić information content (AvgIpc) is 3.72. The predicted molar refractivity (Wildman–Crippen MR) is 150 cm³/mol. The highest BCUT2D eigenvalue weighted by Crippen LogP contribution is 2.34. The van der Waals surface area contributed by atoms with E-state index in [-0.39, 0.29) is 39.8 Å². The van der Waals surface area contributed by atoms with Crippen molar-refractivity contribution < 1.29 is 12.8 Å². The highest BCUT2D eigenvalue weighted by Gasteiger charge is 2.31. The van der Waals surface area contributed by atoms with Crippen LogP contribution in [-0.4, -0.2) is 27.9 Å². The number of pyridine rings is 1. The fourth-order valence-corrected chi connectivity index (χ4v) is 5.27. The predicted octanol–water partition coefficient (Wildman–Crippen LogP) is 3.45. The third kappa shape index (κ3) is 4.65. The van der Waals surface area contributed by atoms with Crippen LogP contribution in [-0.2, 0) is 17.1 Å². The number of aromatic nitrogens is 3. The Balaban J connectivity index is 1.82. The van der Waals surface area contributed by atoms with Crippen LogP contribution in [0.4, 0.5) is 21.6 Å². The van der Waals surface area contributed by atoms with Crippen molar-refractivity contribution in [1.29, 1.82) is 0 Å². The number of halogens is 1. The van der Waals surface area contributed by atoms with Crippen molar-refractivity contribution >= 4 is 38.1 Å². The summed E-state index contributed by atoms with van der Waals surface area (Å²) in [4.78, 5) is 41.0. The van der Waals surface area contributed by atoms with Gasteiger partial charge in [0.1, 0.15) is 17.0 Å². The van der Waals surface area contributed by atoms with Gasteiger partial charge < -0.3 is 5.32 Å². The van der Waals surface area contributed by atoms with Crippen LogP contribution in [0.25, 0.3) is 16.6 Å². The number of sulfonamides is 1. The van der Waals surface area contributed by atoms with Gasteiger partial charge in [0.15, 0.2) is 0 Å². The SMILES string of the molecule is CCS(=O)(=O)Nc1ccc(-n2c(=O)n(C3CC3)c(=O)c3c(Nc4ccc(C)cc4F)n(C)c(=O)c(C)c32)cc1. The van der Waals surface area contributed by atoms with E-state index in [9.17, 15) is 27.2 Å². The fraction of sp³-hybridized carbons (Fsp3) is 0.296. The van der Waals surface area contributed by atoms with Gasteiger partial charge in [-0.1, -0.05) is 6.07 Å². The maximum absolute atomic E-state index is 14.8. The van der Waals surface area contributed by atoms with Crippen molar-refractivity contribution in [3.63, 3.8) is 0 Å². The Morgan fingerprint density at radius 1 is 1.00 bits per heavy atom. The molecular weight excluding hydrogens is 525 g/mol. The van der Waals surface area contributed by atoms with E-state index < -0.39 is 32.6 Å². The molecule has 2 aromatic carbocycles. The van der Waals surface area contributed by atoms with E-state index in [1.165, 1.54) is 58.9 Å². The Labute approximate surface area is 223 Å². The van der Waals surface area contributed by atoms with Gasteiger partial charge in [-0.2, -0.15) is 0 Å². The molecule has 0 aliphatic heterocycles. The molecule has 0 unspecified atom stereocenters. The lowest BCUT2D eigenvalue weighted by Crippen LogP contribution is -2.41. The number of aryl methyl sites for hydroxylation is 2. The standard InChI is InChI=1S/C27H28FN5O5S/c1-5-39(37,38)30-17-7-9-18(10-8-17)32-23-16(3)25(34)31(4)24(29-21-13-6-15(2)14-20(21)28)22(23)26(35)33(27(32)36)19-11-12-19/h6-10,13-14,19,29-30H,5,11-12H2,1-4H3. The van der Waals surface area contributed by atoms with Gasteiger partial charge in [-0.3, -0.25) is 28.0 Å². The molecule has 204 valence electrons. The number of nitrogens with one attached hydrogen (secondary N) is 2. The lowest BCUT2D eigenvalue weighted by Gasteiger charge is -2.21. The molecule has 1 aliphatic carbocycles. The largest absolute Gasteiger partial charge is 0.338 e. The first-order valence-electron chi connectivity index (χ1n) is 12.5. The van der Waals surface area contributed by atoms with Gasteiger partial charge in [-0.25, -0.2) is 17.6 Å². The van der Waals surface area contributed by atoms with Crippen LogP contribution >= 0.6 is 0 Å². The zero-order chi connectivity index (χ0) is 28.2. The number of benzene rings is 2. The summed E-state index contributed by atoms with van der Waals surface area (Å²) >= 11 is 0. The van der Waals surface area contributed by atoms with Crippen molar-refractivity contribution in [3.05, 3.63) is 90.6 Å². The van der Waals surface area contributed by atoms with E-state index in [0.717, 1.165) is 0 Å². The second kappa shape index (κ2) is 9.53. The van der Waals surface area contributed by atoms with Gasteiger partial charge in [-0.15, -0.1) is 0 Å². The van der Waals surface area contributed by atoms with Gasteiger partial charge in [-0.05, 0) is 75.6 Å². The Hall–Kier alpha value is -4.19. The van der Waals surface area contributed by atoms with Crippen molar-refractivity contribution in [2.24, 2.45) is 7.05 Å². The number of anilines is 3. The maximum Gasteiger partial charge on any atom is 0.336 e. The Morgan fingerprint density at radius 3 is 2.26 bits per heavy atom. The van der Waals surface area contributed by atoms with Crippen LogP contribution in [0, 0.1) is 19.7 Å². The average molecular weight is 554 g/mol. The first-order chi connectivity index (χ1) is 18.4. The van der Waals surface area contributed by atoms with Gasteiger partial charge in [0.25, 0.3) is 11.1 Å². The van der Waals surface area contributed by atoms with E-state index >= 15 is 0 Å². The molecule has 5 rings (SSSR count). The smallest absolute Gasteiger partial charge is 0.336 e. The minimum atomic E-state index is -3.51. The third-order valence-corrected chi connectivity index (χ3v) is 8.22. The number of rotatable bonds is 7. The van der Waals surface area contributed by atoms with Gasteiger partial charge >= 0.3 is 5.69 Å². The van der Waals surface area contributed by atoms with Crippen LogP contribution < -0.4 is 26.8 Å². The molecule has 2 N–H and O–H groups in total. The first-order valence-corrected chi connectivity index (χ1v) is 14.1. The molecule has 12 heteroatoms. The normalized spacial score (nSPS) is 13.6. The first kappa shape index (κ1) is 26.4. The maximum atomic E-state index is 14.8. The summed E-state index contributed by atoms with van der Waals surface area (Å²) in [6, 6.07) is 10.4. The summed E-state index contributed by atoms with van der Waals surface area (Å²) < 4.78 is 45.0. The van der Waals surface area contributed by atoms with Gasteiger partial charge in [0.05, 0.1) is 22.6 Å². The summed E-state index contributed by atoms with van der Waals surface area (Å²) in [7, 11) is -2.03. The topological polar surface area (TPSA) is 124 Å². The lowest BCUT2D eigenvalue weighted by atomic mass is 10.1. The molecule has 1 aliphatic rings. The summed E-state index contributed by atoms with van der Waals surface area (Å²) in [5.41, 5.74) is 0.0223. The molecule has 2 aromatic heterocycles. The molecule has 0 bridgehead atoms. The fourth-order valence-electron chi connectivity index (χ4n) is 4.63. The van der Waals surface area contributed by atoms with E-state index in [4.69, 9.17) is 0 Å². The summed E-state index contributed by atoms with van der Waals surface area (Å²) in [5.74, 6) is -0.605. The summed E-state index contributed by atoms with van der Waals surface area (Å²) in [6.45, 7) is 4.79. The molecule has 0 atom stereocenters. The van der Waals surface area contributed by atoms with Crippen LogP contribution in [0.3, 0.4) is 0 Å².